The molecule has 2 saturated carbocycles. The van der Waals surface area contributed by atoms with Gasteiger partial charge in [-0.15, -0.1) is 0 Å². The summed E-state index contributed by atoms with van der Waals surface area (Å²) in [5.74, 6) is 1.10. The summed E-state index contributed by atoms with van der Waals surface area (Å²) in [6, 6.07) is 19.9. The highest BCUT2D eigenvalue weighted by Crippen LogP contribution is 2.54. The maximum absolute atomic E-state index is 14.1. The van der Waals surface area contributed by atoms with Gasteiger partial charge >= 0.3 is 5.69 Å². The highest BCUT2D eigenvalue weighted by Gasteiger charge is 2.50. The molecular weight excluding hydrogens is 829 g/mol. The Morgan fingerprint density at radius 1 is 1.02 bits per heavy atom. The van der Waals surface area contributed by atoms with Crippen LogP contribution in [0.25, 0.3) is 11.0 Å². The molecule has 0 radical (unpaired) electrons. The monoisotopic (exact) mass is 888 g/mol. The highest BCUT2D eigenvalue weighted by molar-refractivity contribution is 7.90. The average molecular weight is 889 g/mol. The van der Waals surface area contributed by atoms with E-state index in [9.17, 15) is 23.3 Å². The number of piperidine rings is 1. The number of sulfonamides is 1. The number of rotatable bonds is 13. The lowest BCUT2D eigenvalue weighted by atomic mass is 9.59. The number of anilines is 2. The van der Waals surface area contributed by atoms with Crippen molar-refractivity contribution >= 4 is 44.2 Å². The fourth-order valence-corrected chi connectivity index (χ4v) is 12.1. The van der Waals surface area contributed by atoms with E-state index in [0.29, 0.717) is 53.2 Å². The summed E-state index contributed by atoms with van der Waals surface area (Å²) in [5, 5.41) is 16.1. The number of ether oxygens (including phenoxy) is 1. The molecule has 0 unspecified atom stereocenters. The molecule has 4 fully saturated rings. The smallest absolute Gasteiger partial charge is 0.312 e. The van der Waals surface area contributed by atoms with Crippen LogP contribution in [0, 0.1) is 34.3 Å². The first kappa shape index (κ1) is 43.7. The molecular formula is C49H60N8O6S. The molecule has 0 bridgehead atoms. The van der Waals surface area contributed by atoms with E-state index in [1.807, 2.05) is 12.1 Å². The largest absolute Gasteiger partial charge is 0.455 e. The second-order valence-electron chi connectivity index (χ2n) is 19.2. The van der Waals surface area contributed by atoms with Crippen LogP contribution in [0.1, 0.15) is 124 Å². The molecule has 5 aromatic rings. The molecule has 2 saturated heterocycles. The van der Waals surface area contributed by atoms with Gasteiger partial charge < -0.3 is 19.9 Å². The zero-order valence-electron chi connectivity index (χ0n) is 37.3. The maximum atomic E-state index is 14.1. The Bertz CT molecular complexity index is 2640. The molecule has 1 amide bonds. The van der Waals surface area contributed by atoms with E-state index in [-0.39, 0.29) is 22.8 Å². The Kier molecular flexibility index (Phi) is 12.1. The normalized spacial score (nSPS) is 21.6. The van der Waals surface area contributed by atoms with E-state index >= 15 is 0 Å². The van der Waals surface area contributed by atoms with Crippen molar-refractivity contribution in [2.75, 3.05) is 36.4 Å². The maximum Gasteiger partial charge on any atom is 0.312 e. The molecule has 3 N–H and O–H groups in total. The van der Waals surface area contributed by atoms with Gasteiger partial charge in [0.25, 0.3) is 15.9 Å². The zero-order valence-corrected chi connectivity index (χ0v) is 38.1. The van der Waals surface area contributed by atoms with Crippen molar-refractivity contribution in [3.05, 3.63) is 106 Å². The Hall–Kier alpha value is -5.54. The summed E-state index contributed by atoms with van der Waals surface area (Å²) in [4.78, 5) is 42.1. The number of H-pyrrole nitrogens is 1. The Morgan fingerprint density at radius 3 is 2.53 bits per heavy atom. The first-order chi connectivity index (χ1) is 30.8. The Balaban J connectivity index is 0.911. The number of nitro groups is 1. The van der Waals surface area contributed by atoms with Crippen molar-refractivity contribution in [2.24, 2.45) is 17.3 Å². The molecule has 15 heteroatoms. The number of nitrogens with one attached hydrogen (secondary N) is 3. The van der Waals surface area contributed by atoms with Crippen molar-refractivity contribution in [2.45, 2.75) is 115 Å². The predicted molar refractivity (Wildman–Crippen MR) is 249 cm³/mol. The molecule has 64 heavy (non-hydrogen) atoms. The molecule has 2 aliphatic heterocycles. The third kappa shape index (κ3) is 8.93. The summed E-state index contributed by atoms with van der Waals surface area (Å²) in [7, 11) is -4.62. The van der Waals surface area contributed by atoms with Gasteiger partial charge in [-0.2, -0.15) is 0 Å². The van der Waals surface area contributed by atoms with E-state index in [0.717, 1.165) is 75.3 Å². The topological polar surface area (TPSA) is 176 Å². The van der Waals surface area contributed by atoms with Crippen LogP contribution in [-0.4, -0.2) is 71.3 Å². The van der Waals surface area contributed by atoms with E-state index in [2.05, 4.69) is 79.8 Å². The van der Waals surface area contributed by atoms with Crippen molar-refractivity contribution < 1.29 is 22.9 Å². The summed E-state index contributed by atoms with van der Waals surface area (Å²) in [5.41, 5.74) is 4.35. The minimum atomic E-state index is -4.62. The van der Waals surface area contributed by atoms with Gasteiger partial charge in [0, 0.05) is 61.1 Å². The minimum absolute atomic E-state index is 0.00919. The van der Waals surface area contributed by atoms with E-state index in [4.69, 9.17) is 4.74 Å². The van der Waals surface area contributed by atoms with Crippen LogP contribution in [0.4, 0.5) is 17.2 Å². The van der Waals surface area contributed by atoms with Gasteiger partial charge in [-0.1, -0.05) is 57.9 Å². The highest BCUT2D eigenvalue weighted by atomic mass is 32.2. The number of hydrogen-bond donors (Lipinski definition) is 3. The number of pyridine rings is 2. The first-order valence-corrected chi connectivity index (χ1v) is 24.6. The van der Waals surface area contributed by atoms with Crippen LogP contribution in [0.15, 0.2) is 78.0 Å². The Morgan fingerprint density at radius 2 is 1.78 bits per heavy atom. The van der Waals surface area contributed by atoms with E-state index in [1.54, 1.807) is 30.6 Å². The summed E-state index contributed by atoms with van der Waals surface area (Å²) in [6.07, 6.45) is 14.5. The first-order valence-electron chi connectivity index (χ1n) is 23.1. The number of fused-ring (bicyclic) bond motifs is 1. The third-order valence-corrected chi connectivity index (χ3v) is 16.1. The van der Waals surface area contributed by atoms with Crippen LogP contribution in [0.5, 0.6) is 11.5 Å². The minimum Gasteiger partial charge on any atom is -0.455 e. The summed E-state index contributed by atoms with van der Waals surface area (Å²) in [6.45, 7) is 11.6. The number of likely N-dealkylation sites (tertiary alicyclic amines) is 1. The number of nitrogens with zero attached hydrogens (tertiary/aromatic N) is 5. The lowest BCUT2D eigenvalue weighted by Gasteiger charge is -2.56. The van der Waals surface area contributed by atoms with Gasteiger partial charge in [-0.25, -0.2) is 23.1 Å². The van der Waals surface area contributed by atoms with Gasteiger partial charge in [0.15, 0.2) is 0 Å². The van der Waals surface area contributed by atoms with Crippen LogP contribution >= 0.6 is 0 Å². The van der Waals surface area contributed by atoms with Gasteiger partial charge in [-0.3, -0.25) is 19.8 Å². The fourth-order valence-electron chi connectivity index (χ4n) is 10.9. The van der Waals surface area contributed by atoms with Crippen molar-refractivity contribution in [3.8, 4) is 11.5 Å². The second-order valence-corrected chi connectivity index (χ2v) is 20.9. The van der Waals surface area contributed by atoms with Gasteiger partial charge in [0.1, 0.15) is 22.0 Å². The number of hydrogen-bond acceptors (Lipinski definition) is 11. The molecule has 1 atom stereocenters. The standard InChI is InChI=1S/C49H60N8O6S/c1-31(2)39-8-5-6-9-40(39)42-10-7-21-56(42)37-27-49(28-37)18-22-55(23-19-49)36-15-16-41(44(25-36)63-38-24-35-17-20-50-46(35)52-30-38)48(58)54-64(61,62)45-26-43(57(59)60)47(53-33(45)4)51-29-34-13-11-32(3)12-14-34/h5-6,8-9,15-17,20,24-26,30-32,34,37,42H,7,10-14,18-19,21-23,27-29H2,1-4H3,(H,50,52)(H,51,53)(H,54,58)/t32?,34?,42-/m0/s1. The lowest BCUT2D eigenvalue weighted by Crippen LogP contribution is -2.54. The van der Waals surface area contributed by atoms with Crippen LogP contribution in [-0.2, 0) is 10.0 Å². The number of aromatic amines is 1. The van der Waals surface area contributed by atoms with Crippen molar-refractivity contribution in [3.63, 3.8) is 0 Å². The fraction of sp³-hybridized carbons (Fsp3) is 0.490. The number of aromatic nitrogens is 3. The molecule has 4 aliphatic rings. The number of carbonyl (C=O) groups is 1. The molecule has 14 nitrogen and oxygen atoms in total. The lowest BCUT2D eigenvalue weighted by molar-refractivity contribution is -0.384. The number of benzene rings is 2. The van der Waals surface area contributed by atoms with Crippen LogP contribution in [0.3, 0.4) is 0 Å². The molecule has 5 heterocycles. The number of carbonyl (C=O) groups excluding carboxylic acids is 1. The summed E-state index contributed by atoms with van der Waals surface area (Å²) < 4.78 is 36.4. The Labute approximate surface area is 375 Å². The molecule has 338 valence electrons. The molecule has 3 aromatic heterocycles. The van der Waals surface area contributed by atoms with Gasteiger partial charge in [0.2, 0.25) is 5.82 Å². The molecule has 2 aromatic carbocycles. The quantitative estimate of drug-likeness (QED) is 0.0758. The van der Waals surface area contributed by atoms with Gasteiger partial charge in [0.05, 0.1) is 22.4 Å². The van der Waals surface area contributed by atoms with Gasteiger partial charge in [-0.05, 0) is 123 Å². The molecule has 9 rings (SSSR count). The van der Waals surface area contributed by atoms with Crippen LogP contribution in [0.2, 0.25) is 0 Å². The second kappa shape index (κ2) is 17.8. The number of aryl methyl sites for hydroxylation is 1. The predicted octanol–water partition coefficient (Wildman–Crippen LogP) is 10.0. The SMILES string of the molecule is Cc1nc(NCC2CCC(C)CC2)c([N+](=O)[O-])cc1S(=O)(=O)NC(=O)c1ccc(N2CCC3(CC2)CC(N2CCC[C@H]2c2ccccc2C(C)C)C3)cc1Oc1cnc2[nH]ccc2c1. The van der Waals surface area contributed by atoms with E-state index < -0.39 is 31.4 Å². The van der Waals surface area contributed by atoms with Crippen LogP contribution < -0.4 is 19.7 Å². The number of amides is 1. The third-order valence-electron chi connectivity index (χ3n) is 14.6. The average Bonchev–Trinajstić information content (AvgIpc) is 3.95. The molecule has 1 spiro atoms. The summed E-state index contributed by atoms with van der Waals surface area (Å²) >= 11 is 0. The van der Waals surface area contributed by atoms with E-state index in [1.165, 1.54) is 43.7 Å². The molecule has 2 aliphatic carbocycles. The zero-order chi connectivity index (χ0) is 44.8. The van der Waals surface area contributed by atoms with Crippen molar-refractivity contribution in [1.82, 2.24) is 24.6 Å². The van der Waals surface area contributed by atoms with Crippen molar-refractivity contribution in [1.29, 1.82) is 0 Å².